The van der Waals surface area contributed by atoms with Crippen molar-refractivity contribution in [2.24, 2.45) is 5.92 Å². The molecule has 1 aliphatic rings. The fraction of sp³-hybridized carbons (Fsp3) is 0.632. The first-order chi connectivity index (χ1) is 11.5. The number of ether oxygens (including phenoxy) is 2. The molecule has 0 saturated heterocycles. The number of rotatable bonds is 7. The van der Waals surface area contributed by atoms with Crippen LogP contribution in [0.2, 0.25) is 0 Å². The lowest BCUT2D eigenvalue weighted by Crippen LogP contribution is -2.44. The molecule has 0 spiro atoms. The summed E-state index contributed by atoms with van der Waals surface area (Å²) in [6.45, 7) is 5.73. The summed E-state index contributed by atoms with van der Waals surface area (Å²) in [5, 5.41) is 9.88. The first-order valence-electron chi connectivity index (χ1n) is 8.74. The van der Waals surface area contributed by atoms with Crippen molar-refractivity contribution in [1.82, 2.24) is 4.90 Å². The maximum Gasteiger partial charge on any atom is 0.225 e. The lowest BCUT2D eigenvalue weighted by molar-refractivity contribution is -0.141. The zero-order valence-electron chi connectivity index (χ0n) is 14.9. The van der Waals surface area contributed by atoms with Crippen LogP contribution < -0.4 is 4.74 Å². The first kappa shape index (κ1) is 18.7. The molecule has 1 fully saturated rings. The van der Waals surface area contributed by atoms with Gasteiger partial charge in [-0.2, -0.15) is 0 Å². The van der Waals surface area contributed by atoms with Gasteiger partial charge in [-0.05, 0) is 45.2 Å². The van der Waals surface area contributed by atoms with E-state index in [4.69, 9.17) is 9.47 Å². The molecule has 3 atom stereocenters. The molecule has 1 N–H and O–H groups in total. The fourth-order valence-corrected chi connectivity index (χ4v) is 3.18. The molecule has 5 heteroatoms. The second kappa shape index (κ2) is 9.04. The van der Waals surface area contributed by atoms with Gasteiger partial charge in [-0.1, -0.05) is 17.7 Å². The minimum atomic E-state index is -0.459. The molecule has 1 aliphatic carbocycles. The average molecular weight is 335 g/mol. The molecule has 24 heavy (non-hydrogen) atoms. The van der Waals surface area contributed by atoms with Gasteiger partial charge in [0.05, 0.1) is 18.8 Å². The van der Waals surface area contributed by atoms with Crippen LogP contribution in [0.15, 0.2) is 24.3 Å². The van der Waals surface area contributed by atoms with E-state index >= 15 is 0 Å². The Morgan fingerprint density at radius 1 is 1.29 bits per heavy atom. The molecule has 1 aromatic rings. The summed E-state index contributed by atoms with van der Waals surface area (Å²) in [6, 6.07) is 7.91. The number of nitrogens with zero attached hydrogens (tertiary/aromatic N) is 1. The molecule has 0 radical (unpaired) electrons. The second-order valence-electron chi connectivity index (χ2n) is 6.43. The highest BCUT2D eigenvalue weighted by Gasteiger charge is 2.34. The van der Waals surface area contributed by atoms with Crippen molar-refractivity contribution in [2.45, 2.75) is 45.3 Å². The molecule has 0 aliphatic heterocycles. The van der Waals surface area contributed by atoms with Crippen LogP contribution in [-0.2, 0) is 9.53 Å². The van der Waals surface area contributed by atoms with Crippen LogP contribution in [0.3, 0.4) is 0 Å². The summed E-state index contributed by atoms with van der Waals surface area (Å²) < 4.78 is 11.0. The predicted octanol–water partition coefficient (Wildman–Crippen LogP) is 2.40. The normalized spacial score (nSPS) is 23.8. The van der Waals surface area contributed by atoms with E-state index in [0.29, 0.717) is 32.5 Å². The Kier molecular flexibility index (Phi) is 7.06. The number of aryl methyl sites for hydroxylation is 1. The summed E-state index contributed by atoms with van der Waals surface area (Å²) >= 11 is 0. The highest BCUT2D eigenvalue weighted by molar-refractivity contribution is 5.79. The van der Waals surface area contributed by atoms with Crippen LogP contribution in [0, 0.1) is 12.8 Å². The third-order valence-electron chi connectivity index (χ3n) is 4.75. The van der Waals surface area contributed by atoms with Crippen LogP contribution in [0.4, 0.5) is 0 Å². The van der Waals surface area contributed by atoms with Crippen molar-refractivity contribution in [3.63, 3.8) is 0 Å². The number of carbonyl (C=O) groups excluding carboxylic acids is 1. The fourth-order valence-electron chi connectivity index (χ4n) is 3.18. The molecule has 5 nitrogen and oxygen atoms in total. The number of amides is 1. The lowest BCUT2D eigenvalue weighted by atomic mass is 9.84. The lowest BCUT2D eigenvalue weighted by Gasteiger charge is -2.34. The molecule has 3 unspecified atom stereocenters. The van der Waals surface area contributed by atoms with E-state index in [-0.39, 0.29) is 17.9 Å². The minimum Gasteiger partial charge on any atom is -0.492 e. The molecule has 0 bridgehead atoms. The molecule has 1 amide bonds. The molecule has 1 aromatic carbocycles. The van der Waals surface area contributed by atoms with E-state index in [1.165, 1.54) is 5.56 Å². The van der Waals surface area contributed by atoms with Gasteiger partial charge in [0, 0.05) is 19.6 Å². The molecule has 134 valence electrons. The van der Waals surface area contributed by atoms with Crippen molar-refractivity contribution >= 4 is 5.91 Å². The van der Waals surface area contributed by atoms with Gasteiger partial charge < -0.3 is 19.5 Å². The second-order valence-corrected chi connectivity index (χ2v) is 6.43. The third kappa shape index (κ3) is 4.95. The smallest absolute Gasteiger partial charge is 0.225 e. The average Bonchev–Trinajstić information content (AvgIpc) is 2.60. The Labute approximate surface area is 144 Å². The Morgan fingerprint density at radius 3 is 2.62 bits per heavy atom. The van der Waals surface area contributed by atoms with Crippen LogP contribution in [0.5, 0.6) is 5.75 Å². The molecule has 0 aromatic heterocycles. The molecule has 1 saturated carbocycles. The molecular formula is C19H29NO4. The third-order valence-corrected chi connectivity index (χ3v) is 4.75. The summed E-state index contributed by atoms with van der Waals surface area (Å²) in [5.74, 6) is 0.890. The van der Waals surface area contributed by atoms with E-state index in [1.54, 1.807) is 7.11 Å². The summed E-state index contributed by atoms with van der Waals surface area (Å²) in [5.41, 5.74) is 1.19. The highest BCUT2D eigenvalue weighted by Crippen LogP contribution is 2.28. The maximum absolute atomic E-state index is 12.7. The molecule has 0 heterocycles. The van der Waals surface area contributed by atoms with Gasteiger partial charge in [-0.3, -0.25) is 4.79 Å². The standard InChI is InChI=1S/C19H29NO4/c1-4-20(11-12-24-16-8-5-14(2)6-9-16)19(22)15-7-10-17(21)18(13-15)23-3/h5-6,8-9,15,17-18,21H,4,7,10-13H2,1-3H3. The van der Waals surface area contributed by atoms with Crippen molar-refractivity contribution in [2.75, 3.05) is 26.8 Å². The SMILES string of the molecule is CCN(CCOc1ccc(C)cc1)C(=O)C1CCC(O)C(OC)C1. The van der Waals surface area contributed by atoms with Crippen molar-refractivity contribution in [1.29, 1.82) is 0 Å². The summed E-state index contributed by atoms with van der Waals surface area (Å²) in [7, 11) is 1.59. The summed E-state index contributed by atoms with van der Waals surface area (Å²) in [6.07, 6.45) is 1.22. The van der Waals surface area contributed by atoms with E-state index < -0.39 is 6.10 Å². The Bertz CT molecular complexity index is 517. The zero-order chi connectivity index (χ0) is 17.5. The van der Waals surface area contributed by atoms with E-state index in [9.17, 15) is 9.90 Å². The Morgan fingerprint density at radius 2 is 2.00 bits per heavy atom. The number of likely N-dealkylation sites (N-methyl/N-ethyl adjacent to an activating group) is 1. The Hall–Kier alpha value is -1.59. The van der Waals surface area contributed by atoms with Crippen molar-refractivity contribution in [3.8, 4) is 5.75 Å². The molecule has 2 rings (SSSR count). The predicted molar refractivity (Wildman–Crippen MR) is 93.1 cm³/mol. The first-order valence-corrected chi connectivity index (χ1v) is 8.74. The van der Waals surface area contributed by atoms with Gasteiger partial charge in [0.15, 0.2) is 0 Å². The van der Waals surface area contributed by atoms with Crippen LogP contribution in [0.25, 0.3) is 0 Å². The zero-order valence-corrected chi connectivity index (χ0v) is 14.9. The van der Waals surface area contributed by atoms with Crippen molar-refractivity contribution in [3.05, 3.63) is 29.8 Å². The number of hydrogen-bond donors (Lipinski definition) is 1. The highest BCUT2D eigenvalue weighted by atomic mass is 16.5. The molecular weight excluding hydrogens is 306 g/mol. The maximum atomic E-state index is 12.7. The number of benzene rings is 1. The van der Waals surface area contributed by atoms with E-state index in [1.807, 2.05) is 43.0 Å². The quantitative estimate of drug-likeness (QED) is 0.831. The van der Waals surface area contributed by atoms with Gasteiger partial charge in [0.1, 0.15) is 12.4 Å². The topological polar surface area (TPSA) is 59.0 Å². The minimum absolute atomic E-state index is 0.0716. The van der Waals surface area contributed by atoms with Gasteiger partial charge in [-0.15, -0.1) is 0 Å². The van der Waals surface area contributed by atoms with Gasteiger partial charge in [-0.25, -0.2) is 0 Å². The van der Waals surface area contributed by atoms with E-state index in [0.717, 1.165) is 12.2 Å². The van der Waals surface area contributed by atoms with Crippen LogP contribution >= 0.6 is 0 Å². The van der Waals surface area contributed by atoms with Gasteiger partial charge in [0.25, 0.3) is 0 Å². The van der Waals surface area contributed by atoms with Crippen LogP contribution in [-0.4, -0.2) is 54.9 Å². The number of hydrogen-bond acceptors (Lipinski definition) is 4. The number of aliphatic hydroxyl groups is 1. The van der Waals surface area contributed by atoms with E-state index in [2.05, 4.69) is 0 Å². The summed E-state index contributed by atoms with van der Waals surface area (Å²) in [4.78, 5) is 14.6. The Balaban J connectivity index is 1.83. The largest absolute Gasteiger partial charge is 0.492 e. The van der Waals surface area contributed by atoms with Gasteiger partial charge >= 0.3 is 0 Å². The number of carbonyl (C=O) groups is 1. The number of methoxy groups -OCH3 is 1. The number of aliphatic hydroxyl groups excluding tert-OH is 1. The van der Waals surface area contributed by atoms with Crippen molar-refractivity contribution < 1.29 is 19.4 Å². The van der Waals surface area contributed by atoms with Crippen LogP contribution in [0.1, 0.15) is 31.7 Å². The monoisotopic (exact) mass is 335 g/mol. The van der Waals surface area contributed by atoms with Gasteiger partial charge in [0.2, 0.25) is 5.91 Å².